The van der Waals surface area contributed by atoms with E-state index >= 15 is 0 Å². The minimum atomic E-state index is -0.0750. The Labute approximate surface area is 172 Å². The van der Waals surface area contributed by atoms with Gasteiger partial charge >= 0.3 is 0 Å². The number of hydrogen-bond acceptors (Lipinski definition) is 6. The second kappa shape index (κ2) is 8.86. The summed E-state index contributed by atoms with van der Waals surface area (Å²) in [4.78, 5) is 31.2. The molecule has 154 valence electrons. The third kappa shape index (κ3) is 4.24. The maximum atomic E-state index is 12.6. The first kappa shape index (κ1) is 19.8. The molecule has 1 saturated heterocycles. The molecule has 2 aromatic rings. The van der Waals surface area contributed by atoms with E-state index < -0.39 is 0 Å². The molecule has 29 heavy (non-hydrogen) atoms. The summed E-state index contributed by atoms with van der Waals surface area (Å²) in [5.41, 5.74) is 3.29. The monoisotopic (exact) mass is 395 g/mol. The van der Waals surface area contributed by atoms with Gasteiger partial charge in [0.2, 0.25) is 5.91 Å². The summed E-state index contributed by atoms with van der Waals surface area (Å²) in [7, 11) is 1.56. The molecule has 1 amide bonds. The average Bonchev–Trinajstić information content (AvgIpc) is 2.75. The molecular weight excluding hydrogens is 366 g/mol. The van der Waals surface area contributed by atoms with Crippen molar-refractivity contribution in [3.8, 4) is 0 Å². The average molecular weight is 396 g/mol. The van der Waals surface area contributed by atoms with Gasteiger partial charge < -0.3 is 14.5 Å². The first-order valence-electron chi connectivity index (χ1n) is 10.5. The number of fused-ring (bicyclic) bond motifs is 1. The molecule has 4 rings (SSSR count). The lowest BCUT2D eigenvalue weighted by Crippen LogP contribution is -2.41. The third-order valence-electron chi connectivity index (χ3n) is 5.83. The third-order valence-corrected chi connectivity index (χ3v) is 5.83. The Bertz CT molecular complexity index is 858. The highest BCUT2D eigenvalue weighted by Crippen LogP contribution is 2.34. The molecule has 2 aliphatic heterocycles. The lowest BCUT2D eigenvalue weighted by molar-refractivity contribution is -0.139. The van der Waals surface area contributed by atoms with E-state index in [9.17, 15) is 4.79 Å². The summed E-state index contributed by atoms with van der Waals surface area (Å²) in [6.07, 6.45) is 6.91. The topological polar surface area (TPSA) is 71.5 Å². The summed E-state index contributed by atoms with van der Waals surface area (Å²) in [5, 5.41) is 0. The van der Waals surface area contributed by atoms with Crippen molar-refractivity contribution in [2.24, 2.45) is 0 Å². The molecule has 7 heteroatoms. The van der Waals surface area contributed by atoms with Crippen LogP contribution in [0.15, 0.2) is 24.4 Å². The minimum absolute atomic E-state index is 0.0153. The van der Waals surface area contributed by atoms with Crippen molar-refractivity contribution in [3.63, 3.8) is 0 Å². The van der Waals surface area contributed by atoms with E-state index in [0.717, 1.165) is 74.8 Å². The highest BCUT2D eigenvalue weighted by molar-refractivity contribution is 5.78. The van der Waals surface area contributed by atoms with Gasteiger partial charge in [0.05, 0.1) is 18.3 Å². The molecule has 7 nitrogen and oxygen atoms in total. The Morgan fingerprint density at radius 3 is 2.90 bits per heavy atom. The predicted molar refractivity (Wildman–Crippen MR) is 111 cm³/mol. The van der Waals surface area contributed by atoms with Crippen LogP contribution in [0.25, 0.3) is 0 Å². The predicted octanol–water partition coefficient (Wildman–Crippen LogP) is 2.83. The highest BCUT2D eigenvalue weighted by Gasteiger charge is 2.32. The number of nitrogens with zero attached hydrogens (tertiary/aromatic N) is 5. The minimum Gasteiger partial charge on any atom is -0.375 e. The first-order valence-corrected chi connectivity index (χ1v) is 10.5. The molecular formula is C22H29N5O2. The van der Waals surface area contributed by atoms with Gasteiger partial charge in [0.15, 0.2) is 5.82 Å². The molecule has 0 spiro atoms. The fourth-order valence-corrected chi connectivity index (χ4v) is 4.40. The second-order valence-corrected chi connectivity index (χ2v) is 7.85. The first-order chi connectivity index (χ1) is 14.2. The van der Waals surface area contributed by atoms with Crippen LogP contribution in [0.1, 0.15) is 54.5 Å². The number of methoxy groups -OCH3 is 1. The van der Waals surface area contributed by atoms with Crippen molar-refractivity contribution in [1.82, 2.24) is 19.9 Å². The van der Waals surface area contributed by atoms with Crippen LogP contribution in [0.3, 0.4) is 0 Å². The van der Waals surface area contributed by atoms with Crippen LogP contribution >= 0.6 is 0 Å². The molecule has 2 aliphatic rings. The lowest BCUT2D eigenvalue weighted by Gasteiger charge is -2.36. The van der Waals surface area contributed by atoms with Gasteiger partial charge in [-0.25, -0.2) is 9.97 Å². The Morgan fingerprint density at radius 2 is 2.10 bits per heavy atom. The van der Waals surface area contributed by atoms with Crippen LogP contribution in [0.4, 0.5) is 5.82 Å². The van der Waals surface area contributed by atoms with E-state index in [4.69, 9.17) is 14.7 Å². The maximum Gasteiger partial charge on any atom is 0.249 e. The summed E-state index contributed by atoms with van der Waals surface area (Å²) in [6, 6.07) is 5.93. The van der Waals surface area contributed by atoms with E-state index in [1.54, 1.807) is 7.11 Å². The van der Waals surface area contributed by atoms with Gasteiger partial charge in [-0.15, -0.1) is 0 Å². The van der Waals surface area contributed by atoms with Gasteiger partial charge in [0, 0.05) is 37.7 Å². The van der Waals surface area contributed by atoms with E-state index in [2.05, 4.69) is 22.9 Å². The lowest BCUT2D eigenvalue weighted by atomic mass is 9.99. The largest absolute Gasteiger partial charge is 0.375 e. The van der Waals surface area contributed by atoms with Crippen molar-refractivity contribution in [2.75, 3.05) is 31.7 Å². The standard InChI is InChI=1S/C22H29N5O2/c1-16-18-9-7-12-26(14-17-8-3-5-11-23-17)22(18)25-21(24-16)19-10-4-6-13-27(19)20(28)15-29-2/h3,5,8,11,19H,4,6-7,9-10,12-15H2,1-2H3. The number of aryl methyl sites for hydroxylation is 1. The SMILES string of the molecule is COCC(=O)N1CCCCC1c1nc(C)c2c(n1)N(Cc1ccccn1)CCC2. The quantitative estimate of drug-likeness (QED) is 0.775. The number of likely N-dealkylation sites (tertiary alicyclic amines) is 1. The Kier molecular flexibility index (Phi) is 6.04. The molecule has 0 saturated carbocycles. The number of rotatable bonds is 5. The van der Waals surface area contributed by atoms with Crippen molar-refractivity contribution in [2.45, 2.75) is 51.6 Å². The number of amides is 1. The number of hydrogen-bond donors (Lipinski definition) is 0. The fourth-order valence-electron chi connectivity index (χ4n) is 4.40. The van der Waals surface area contributed by atoms with Gasteiger partial charge in [-0.2, -0.15) is 0 Å². The molecule has 2 aromatic heterocycles. The summed E-state index contributed by atoms with van der Waals surface area (Å²) in [6.45, 7) is 4.60. The molecule has 1 unspecified atom stereocenters. The maximum absolute atomic E-state index is 12.6. The van der Waals surface area contributed by atoms with Gasteiger partial charge in [0.25, 0.3) is 0 Å². The van der Waals surface area contributed by atoms with Crippen LogP contribution in [0.5, 0.6) is 0 Å². The van der Waals surface area contributed by atoms with E-state index in [1.807, 2.05) is 23.2 Å². The molecule has 0 radical (unpaired) electrons. The zero-order valence-electron chi connectivity index (χ0n) is 17.3. The van der Waals surface area contributed by atoms with Gasteiger partial charge in [0.1, 0.15) is 12.4 Å². The molecule has 1 fully saturated rings. The summed E-state index contributed by atoms with van der Waals surface area (Å²) >= 11 is 0. The number of ether oxygens (including phenoxy) is 1. The number of carbonyl (C=O) groups is 1. The number of carbonyl (C=O) groups excluding carboxylic acids is 1. The van der Waals surface area contributed by atoms with Crippen LogP contribution in [0, 0.1) is 6.92 Å². The molecule has 0 bridgehead atoms. The Morgan fingerprint density at radius 1 is 1.21 bits per heavy atom. The van der Waals surface area contributed by atoms with Crippen molar-refractivity contribution in [1.29, 1.82) is 0 Å². The zero-order chi connectivity index (χ0) is 20.2. The van der Waals surface area contributed by atoms with Crippen molar-refractivity contribution in [3.05, 3.63) is 47.2 Å². The van der Waals surface area contributed by atoms with Crippen LogP contribution in [-0.4, -0.2) is 52.6 Å². The molecule has 0 aromatic carbocycles. The Balaban J connectivity index is 1.66. The van der Waals surface area contributed by atoms with Crippen LogP contribution in [-0.2, 0) is 22.5 Å². The molecule has 0 N–H and O–H groups in total. The van der Waals surface area contributed by atoms with Crippen LogP contribution < -0.4 is 4.90 Å². The highest BCUT2D eigenvalue weighted by atomic mass is 16.5. The van der Waals surface area contributed by atoms with Gasteiger partial charge in [-0.3, -0.25) is 9.78 Å². The normalized spacial score (nSPS) is 19.2. The van der Waals surface area contributed by atoms with Gasteiger partial charge in [-0.05, 0) is 51.2 Å². The van der Waals surface area contributed by atoms with Crippen LogP contribution in [0.2, 0.25) is 0 Å². The summed E-state index contributed by atoms with van der Waals surface area (Å²) < 4.78 is 5.09. The van der Waals surface area contributed by atoms with Gasteiger partial charge in [-0.1, -0.05) is 6.07 Å². The molecule has 1 atom stereocenters. The second-order valence-electron chi connectivity index (χ2n) is 7.85. The smallest absolute Gasteiger partial charge is 0.249 e. The number of aromatic nitrogens is 3. The van der Waals surface area contributed by atoms with E-state index in [-0.39, 0.29) is 18.6 Å². The van der Waals surface area contributed by atoms with E-state index in [0.29, 0.717) is 0 Å². The number of anilines is 1. The number of pyridine rings is 1. The summed E-state index contributed by atoms with van der Waals surface area (Å²) in [5.74, 6) is 1.79. The van der Waals surface area contributed by atoms with Crippen molar-refractivity contribution < 1.29 is 9.53 Å². The molecule has 4 heterocycles. The molecule has 0 aliphatic carbocycles. The van der Waals surface area contributed by atoms with Crippen molar-refractivity contribution >= 4 is 11.7 Å². The Hall–Kier alpha value is -2.54. The number of piperidine rings is 1. The van der Waals surface area contributed by atoms with E-state index in [1.165, 1.54) is 5.56 Å². The fraction of sp³-hybridized carbons (Fsp3) is 0.545. The zero-order valence-corrected chi connectivity index (χ0v) is 17.3.